The first kappa shape index (κ1) is 18.5. The van der Waals surface area contributed by atoms with Crippen LogP contribution in [0, 0.1) is 5.92 Å². The molecule has 0 radical (unpaired) electrons. The lowest BCUT2D eigenvalue weighted by atomic mass is 9.94. The average Bonchev–Trinajstić information content (AvgIpc) is 2.43. The Bertz CT molecular complexity index is 502. The van der Waals surface area contributed by atoms with Crippen LogP contribution in [0.3, 0.4) is 0 Å². The van der Waals surface area contributed by atoms with Gasteiger partial charge in [-0.1, -0.05) is 54.9 Å². The summed E-state index contributed by atoms with van der Waals surface area (Å²) in [6, 6.07) is 0. The molecule has 0 aliphatic heterocycles. The Morgan fingerprint density at radius 1 is 0.955 bits per heavy atom. The van der Waals surface area contributed by atoms with Crippen LogP contribution in [0.2, 0.25) is 0 Å². The van der Waals surface area contributed by atoms with E-state index in [1.165, 1.54) is 16.7 Å². The standard InChI is InChI=1S/C20H30O2/c1-15(2)18-12-11-17(4)8-5-7-16(3)9-6-10-19(14-13-18)20(21)22/h7,10-12,15H,5-6,8-9,13-14H2,1-4H3,(H,21,22)/b16-7+,17-11-,18-12+,19-10+. The maximum Gasteiger partial charge on any atom is 0.331 e. The van der Waals surface area contributed by atoms with Crippen molar-refractivity contribution in [3.05, 3.63) is 46.6 Å². The SMILES string of the molecule is C/C1=C/C=C(/C(C)C)CC/C(C(=O)O)=C\CC/C(C)=C/CC1. The maximum atomic E-state index is 11.4. The number of rotatable bonds is 2. The van der Waals surface area contributed by atoms with Gasteiger partial charge < -0.3 is 5.11 Å². The third-order valence-corrected chi connectivity index (χ3v) is 4.24. The molecule has 0 aromatic rings. The Morgan fingerprint density at radius 3 is 2.23 bits per heavy atom. The van der Waals surface area contributed by atoms with Crippen molar-refractivity contribution in [3.63, 3.8) is 0 Å². The van der Waals surface area contributed by atoms with Crippen LogP contribution in [-0.4, -0.2) is 11.1 Å². The summed E-state index contributed by atoms with van der Waals surface area (Å²) in [5, 5.41) is 9.36. The van der Waals surface area contributed by atoms with Gasteiger partial charge in [0.15, 0.2) is 0 Å². The lowest BCUT2D eigenvalue weighted by Gasteiger charge is -2.12. The van der Waals surface area contributed by atoms with E-state index in [1.54, 1.807) is 0 Å². The second kappa shape index (κ2) is 9.45. The zero-order valence-corrected chi connectivity index (χ0v) is 14.5. The van der Waals surface area contributed by atoms with E-state index in [4.69, 9.17) is 0 Å². The highest BCUT2D eigenvalue weighted by Crippen LogP contribution is 2.22. The fourth-order valence-corrected chi connectivity index (χ4v) is 2.59. The number of carboxylic acid groups (broad SMARTS) is 1. The van der Waals surface area contributed by atoms with E-state index in [-0.39, 0.29) is 0 Å². The number of aliphatic carboxylic acids is 1. The molecule has 1 aliphatic rings. The number of carbonyl (C=O) groups is 1. The molecule has 0 fully saturated rings. The third kappa shape index (κ3) is 6.93. The largest absolute Gasteiger partial charge is 0.478 e. The molecule has 1 N–H and O–H groups in total. The normalized spacial score (nSPS) is 28.2. The zero-order chi connectivity index (χ0) is 16.5. The van der Waals surface area contributed by atoms with Crippen LogP contribution < -0.4 is 0 Å². The van der Waals surface area contributed by atoms with Crippen molar-refractivity contribution in [1.82, 2.24) is 0 Å². The molecule has 2 heteroatoms. The van der Waals surface area contributed by atoms with Crippen molar-refractivity contribution < 1.29 is 9.90 Å². The molecule has 0 saturated carbocycles. The van der Waals surface area contributed by atoms with E-state index in [0.29, 0.717) is 17.9 Å². The second-order valence-corrected chi connectivity index (χ2v) is 6.57. The molecule has 22 heavy (non-hydrogen) atoms. The molecule has 122 valence electrons. The Labute approximate surface area is 135 Å². The Hall–Kier alpha value is -1.57. The van der Waals surface area contributed by atoms with E-state index in [2.05, 4.69) is 45.9 Å². The lowest BCUT2D eigenvalue weighted by Crippen LogP contribution is -2.03. The Morgan fingerprint density at radius 2 is 1.59 bits per heavy atom. The molecule has 0 amide bonds. The number of hydrogen-bond donors (Lipinski definition) is 1. The summed E-state index contributed by atoms with van der Waals surface area (Å²) in [5.74, 6) is -0.322. The van der Waals surface area contributed by atoms with Crippen molar-refractivity contribution >= 4 is 5.97 Å². The minimum atomic E-state index is -0.774. The lowest BCUT2D eigenvalue weighted by molar-refractivity contribution is -0.132. The van der Waals surface area contributed by atoms with Crippen LogP contribution in [0.4, 0.5) is 0 Å². The molecular weight excluding hydrogens is 272 g/mol. The monoisotopic (exact) mass is 302 g/mol. The number of allylic oxidation sites excluding steroid dienone is 7. The van der Waals surface area contributed by atoms with Gasteiger partial charge in [-0.25, -0.2) is 4.79 Å². The molecule has 0 atom stereocenters. The highest BCUT2D eigenvalue weighted by Gasteiger charge is 2.10. The van der Waals surface area contributed by atoms with Gasteiger partial charge in [-0.15, -0.1) is 0 Å². The fraction of sp³-hybridized carbons (Fsp3) is 0.550. The summed E-state index contributed by atoms with van der Waals surface area (Å²) in [5.41, 5.74) is 4.62. The third-order valence-electron chi connectivity index (χ3n) is 4.24. The molecular formula is C20H30O2. The van der Waals surface area contributed by atoms with Crippen molar-refractivity contribution in [2.24, 2.45) is 5.92 Å². The number of hydrogen-bond acceptors (Lipinski definition) is 1. The van der Waals surface area contributed by atoms with Crippen molar-refractivity contribution in [2.45, 2.75) is 66.2 Å². The fourth-order valence-electron chi connectivity index (χ4n) is 2.59. The molecule has 0 unspecified atom stereocenters. The van der Waals surface area contributed by atoms with Crippen LogP contribution in [0.15, 0.2) is 46.6 Å². The minimum Gasteiger partial charge on any atom is -0.478 e. The Kier molecular flexibility index (Phi) is 7.94. The summed E-state index contributed by atoms with van der Waals surface area (Å²) in [6.07, 6.45) is 14.0. The highest BCUT2D eigenvalue weighted by molar-refractivity contribution is 5.86. The van der Waals surface area contributed by atoms with Crippen molar-refractivity contribution in [2.75, 3.05) is 0 Å². The second-order valence-electron chi connectivity index (χ2n) is 6.57. The van der Waals surface area contributed by atoms with Crippen LogP contribution in [-0.2, 0) is 4.79 Å². The summed E-state index contributed by atoms with van der Waals surface area (Å²) < 4.78 is 0. The summed E-state index contributed by atoms with van der Waals surface area (Å²) in [6.45, 7) is 8.66. The smallest absolute Gasteiger partial charge is 0.331 e. The van der Waals surface area contributed by atoms with E-state index < -0.39 is 5.97 Å². The first-order valence-electron chi connectivity index (χ1n) is 8.34. The van der Waals surface area contributed by atoms with Crippen LogP contribution in [0.25, 0.3) is 0 Å². The predicted octanol–water partition coefficient (Wildman–Crippen LogP) is 5.83. The van der Waals surface area contributed by atoms with E-state index in [1.807, 2.05) is 6.08 Å². The molecule has 0 aromatic heterocycles. The van der Waals surface area contributed by atoms with Gasteiger partial charge in [0.25, 0.3) is 0 Å². The van der Waals surface area contributed by atoms with E-state index in [0.717, 1.165) is 32.1 Å². The van der Waals surface area contributed by atoms with Crippen LogP contribution in [0.1, 0.15) is 66.2 Å². The van der Waals surface area contributed by atoms with Crippen molar-refractivity contribution in [1.29, 1.82) is 0 Å². The average molecular weight is 302 g/mol. The van der Waals surface area contributed by atoms with Crippen LogP contribution in [0.5, 0.6) is 0 Å². The maximum absolute atomic E-state index is 11.4. The summed E-state index contributed by atoms with van der Waals surface area (Å²) in [4.78, 5) is 11.4. The molecule has 0 bridgehead atoms. The highest BCUT2D eigenvalue weighted by atomic mass is 16.4. The summed E-state index contributed by atoms with van der Waals surface area (Å²) >= 11 is 0. The van der Waals surface area contributed by atoms with E-state index >= 15 is 0 Å². The molecule has 0 heterocycles. The topological polar surface area (TPSA) is 37.3 Å². The quantitative estimate of drug-likeness (QED) is 0.652. The number of carboxylic acids is 1. The van der Waals surface area contributed by atoms with Gasteiger partial charge in [-0.3, -0.25) is 0 Å². The molecule has 0 aromatic carbocycles. The van der Waals surface area contributed by atoms with Crippen molar-refractivity contribution in [3.8, 4) is 0 Å². The predicted molar refractivity (Wildman–Crippen MR) is 93.9 cm³/mol. The van der Waals surface area contributed by atoms with E-state index in [9.17, 15) is 9.90 Å². The van der Waals surface area contributed by atoms with Gasteiger partial charge >= 0.3 is 5.97 Å². The van der Waals surface area contributed by atoms with Gasteiger partial charge in [0, 0.05) is 5.57 Å². The van der Waals surface area contributed by atoms with Gasteiger partial charge in [-0.2, -0.15) is 0 Å². The van der Waals surface area contributed by atoms with Gasteiger partial charge in [0.1, 0.15) is 0 Å². The zero-order valence-electron chi connectivity index (χ0n) is 14.5. The molecule has 2 nitrogen and oxygen atoms in total. The molecule has 0 spiro atoms. The molecule has 1 aliphatic carbocycles. The first-order chi connectivity index (χ1) is 10.4. The summed E-state index contributed by atoms with van der Waals surface area (Å²) in [7, 11) is 0. The first-order valence-corrected chi connectivity index (χ1v) is 8.34. The molecule has 1 rings (SSSR count). The molecule has 0 saturated heterocycles. The van der Waals surface area contributed by atoms with Gasteiger partial charge in [0.2, 0.25) is 0 Å². The van der Waals surface area contributed by atoms with Gasteiger partial charge in [0.05, 0.1) is 0 Å². The van der Waals surface area contributed by atoms with Crippen LogP contribution >= 0.6 is 0 Å². The minimum absolute atomic E-state index is 0.453. The Balaban J connectivity index is 3.00. The van der Waals surface area contributed by atoms with Gasteiger partial charge in [-0.05, 0) is 58.3 Å².